The van der Waals surface area contributed by atoms with Crippen molar-refractivity contribution in [2.24, 2.45) is 0 Å². The summed E-state index contributed by atoms with van der Waals surface area (Å²) in [6.45, 7) is 2.63. The van der Waals surface area contributed by atoms with Gasteiger partial charge in [0, 0.05) is 6.54 Å². The highest BCUT2D eigenvalue weighted by Crippen LogP contribution is 2.19. The van der Waals surface area contributed by atoms with Gasteiger partial charge in [-0.1, -0.05) is 19.1 Å². The maximum absolute atomic E-state index is 13.7. The average Bonchev–Trinajstić information content (AvgIpc) is 2.62. The smallest absolute Gasteiger partial charge is 0.335 e. The van der Waals surface area contributed by atoms with Gasteiger partial charge in [0.25, 0.3) is 0 Å². The summed E-state index contributed by atoms with van der Waals surface area (Å²) in [7, 11) is 0. The van der Waals surface area contributed by atoms with E-state index in [4.69, 9.17) is 5.11 Å². The van der Waals surface area contributed by atoms with Crippen LogP contribution in [0.1, 0.15) is 29.3 Å². The SMILES string of the molecule is CCCN(CC(=O)Nc1ccc(F)c(F)c1F)Cc1cccc(C(=O)O)c1. The topological polar surface area (TPSA) is 69.6 Å². The molecule has 0 aliphatic carbocycles. The molecule has 144 valence electrons. The predicted molar refractivity (Wildman–Crippen MR) is 93.9 cm³/mol. The summed E-state index contributed by atoms with van der Waals surface area (Å²) in [5, 5.41) is 11.3. The molecule has 5 nitrogen and oxygen atoms in total. The van der Waals surface area contributed by atoms with Crippen molar-refractivity contribution in [1.82, 2.24) is 4.90 Å². The first-order valence-electron chi connectivity index (χ1n) is 8.29. The zero-order chi connectivity index (χ0) is 20.0. The van der Waals surface area contributed by atoms with Crippen molar-refractivity contribution in [3.63, 3.8) is 0 Å². The number of anilines is 1. The van der Waals surface area contributed by atoms with E-state index < -0.39 is 35.0 Å². The van der Waals surface area contributed by atoms with E-state index >= 15 is 0 Å². The summed E-state index contributed by atoms with van der Waals surface area (Å²) in [5.74, 6) is -6.09. The van der Waals surface area contributed by atoms with E-state index in [9.17, 15) is 22.8 Å². The Balaban J connectivity index is 2.07. The molecule has 2 rings (SSSR count). The van der Waals surface area contributed by atoms with E-state index in [0.29, 0.717) is 18.7 Å². The van der Waals surface area contributed by atoms with Gasteiger partial charge in [-0.05, 0) is 42.8 Å². The highest BCUT2D eigenvalue weighted by molar-refractivity contribution is 5.92. The second-order valence-corrected chi connectivity index (χ2v) is 5.99. The Morgan fingerprint density at radius 3 is 2.52 bits per heavy atom. The number of hydrogen-bond donors (Lipinski definition) is 2. The van der Waals surface area contributed by atoms with Crippen LogP contribution in [0.3, 0.4) is 0 Å². The fourth-order valence-electron chi connectivity index (χ4n) is 2.61. The van der Waals surface area contributed by atoms with Crippen molar-refractivity contribution in [3.8, 4) is 0 Å². The molecule has 0 aromatic heterocycles. The molecule has 0 atom stereocenters. The number of amides is 1. The minimum atomic E-state index is -1.65. The molecule has 0 spiro atoms. The molecule has 27 heavy (non-hydrogen) atoms. The monoisotopic (exact) mass is 380 g/mol. The van der Waals surface area contributed by atoms with E-state index in [1.165, 1.54) is 12.1 Å². The first-order chi connectivity index (χ1) is 12.8. The summed E-state index contributed by atoms with van der Waals surface area (Å²) in [6, 6.07) is 8.01. The van der Waals surface area contributed by atoms with Crippen molar-refractivity contribution in [2.75, 3.05) is 18.4 Å². The molecular weight excluding hydrogens is 361 g/mol. The Hall–Kier alpha value is -2.87. The van der Waals surface area contributed by atoms with Gasteiger partial charge in [0.15, 0.2) is 17.5 Å². The van der Waals surface area contributed by atoms with Crippen molar-refractivity contribution in [1.29, 1.82) is 0 Å². The van der Waals surface area contributed by atoms with Gasteiger partial charge in [-0.2, -0.15) is 0 Å². The number of carbonyl (C=O) groups is 2. The number of benzene rings is 2. The van der Waals surface area contributed by atoms with Gasteiger partial charge in [0.05, 0.1) is 17.8 Å². The third kappa shape index (κ3) is 5.55. The van der Waals surface area contributed by atoms with E-state index in [0.717, 1.165) is 18.6 Å². The standard InChI is InChI=1S/C19H19F3N2O3/c1-2-8-24(10-12-4-3-5-13(9-12)19(26)27)11-16(25)23-15-7-6-14(20)17(21)18(15)22/h3-7,9H,2,8,10-11H2,1H3,(H,23,25)(H,26,27). The number of hydrogen-bond acceptors (Lipinski definition) is 3. The van der Waals surface area contributed by atoms with Gasteiger partial charge in [0.1, 0.15) is 0 Å². The quantitative estimate of drug-likeness (QED) is 0.686. The Morgan fingerprint density at radius 1 is 1.11 bits per heavy atom. The fraction of sp³-hybridized carbons (Fsp3) is 0.263. The second-order valence-electron chi connectivity index (χ2n) is 5.99. The van der Waals surface area contributed by atoms with E-state index in [2.05, 4.69) is 5.32 Å². The first kappa shape index (κ1) is 20.4. The number of nitrogens with zero attached hydrogens (tertiary/aromatic N) is 1. The molecule has 0 aliphatic rings. The first-order valence-corrected chi connectivity index (χ1v) is 8.29. The van der Waals surface area contributed by atoms with Gasteiger partial charge in [0.2, 0.25) is 5.91 Å². The molecule has 0 saturated heterocycles. The number of carbonyl (C=O) groups excluding carboxylic acids is 1. The Kier molecular flexibility index (Phi) is 6.95. The maximum Gasteiger partial charge on any atom is 0.335 e. The van der Waals surface area contributed by atoms with Gasteiger partial charge in [-0.15, -0.1) is 0 Å². The number of nitrogens with one attached hydrogen (secondary N) is 1. The third-order valence-electron chi connectivity index (χ3n) is 3.80. The summed E-state index contributed by atoms with van der Waals surface area (Å²) in [4.78, 5) is 25.0. The van der Waals surface area contributed by atoms with Crippen LogP contribution < -0.4 is 5.32 Å². The van der Waals surface area contributed by atoms with Crippen LogP contribution in [0.2, 0.25) is 0 Å². The van der Waals surface area contributed by atoms with Crippen molar-refractivity contribution in [2.45, 2.75) is 19.9 Å². The van der Waals surface area contributed by atoms with Crippen LogP contribution >= 0.6 is 0 Å². The van der Waals surface area contributed by atoms with Gasteiger partial charge in [-0.25, -0.2) is 18.0 Å². The van der Waals surface area contributed by atoms with Crippen LogP contribution in [0.25, 0.3) is 0 Å². The van der Waals surface area contributed by atoms with Crippen LogP contribution in [0, 0.1) is 17.5 Å². The maximum atomic E-state index is 13.7. The molecule has 0 unspecified atom stereocenters. The van der Waals surface area contributed by atoms with Gasteiger partial charge < -0.3 is 10.4 Å². The molecule has 2 aromatic carbocycles. The molecule has 8 heteroatoms. The molecule has 2 N–H and O–H groups in total. The van der Waals surface area contributed by atoms with Crippen molar-refractivity contribution in [3.05, 3.63) is 65.0 Å². The van der Waals surface area contributed by atoms with Crippen LogP contribution in [0.5, 0.6) is 0 Å². The number of carboxylic acid groups (broad SMARTS) is 1. The lowest BCUT2D eigenvalue weighted by molar-refractivity contribution is -0.117. The van der Waals surface area contributed by atoms with Crippen LogP contribution in [0.15, 0.2) is 36.4 Å². The summed E-state index contributed by atoms with van der Waals surface area (Å²) >= 11 is 0. The summed E-state index contributed by atoms with van der Waals surface area (Å²) in [6.07, 6.45) is 0.728. The lowest BCUT2D eigenvalue weighted by Gasteiger charge is -2.21. The molecule has 1 amide bonds. The minimum absolute atomic E-state index is 0.121. The minimum Gasteiger partial charge on any atom is -0.478 e. The molecule has 0 aliphatic heterocycles. The Morgan fingerprint density at radius 2 is 1.85 bits per heavy atom. The largest absolute Gasteiger partial charge is 0.478 e. The second kappa shape index (κ2) is 9.18. The fourth-order valence-corrected chi connectivity index (χ4v) is 2.61. The number of carboxylic acids is 1. The predicted octanol–water partition coefficient (Wildman–Crippen LogP) is 3.65. The molecular formula is C19H19F3N2O3. The highest BCUT2D eigenvalue weighted by atomic mass is 19.2. The molecule has 0 radical (unpaired) electrons. The Labute approximate surface area is 154 Å². The number of halogens is 3. The Bertz CT molecular complexity index is 843. The van der Waals surface area contributed by atoms with E-state index in [-0.39, 0.29) is 12.1 Å². The van der Waals surface area contributed by atoms with Gasteiger partial charge >= 0.3 is 5.97 Å². The molecule has 0 fully saturated rings. The lowest BCUT2D eigenvalue weighted by Crippen LogP contribution is -2.33. The average molecular weight is 380 g/mol. The third-order valence-corrected chi connectivity index (χ3v) is 3.80. The van der Waals surface area contributed by atoms with Crippen LogP contribution in [-0.2, 0) is 11.3 Å². The van der Waals surface area contributed by atoms with Crippen molar-refractivity contribution >= 4 is 17.6 Å². The lowest BCUT2D eigenvalue weighted by atomic mass is 10.1. The number of aromatic carboxylic acids is 1. The molecule has 0 bridgehead atoms. The van der Waals surface area contributed by atoms with Crippen LogP contribution in [-0.4, -0.2) is 35.0 Å². The summed E-state index contributed by atoms with van der Waals surface area (Å²) in [5.41, 5.74) is 0.399. The van der Waals surface area contributed by atoms with Gasteiger partial charge in [-0.3, -0.25) is 9.69 Å². The van der Waals surface area contributed by atoms with E-state index in [1.54, 1.807) is 17.0 Å². The van der Waals surface area contributed by atoms with Crippen molar-refractivity contribution < 1.29 is 27.9 Å². The van der Waals surface area contributed by atoms with E-state index in [1.807, 2.05) is 6.92 Å². The molecule has 0 heterocycles. The normalized spacial score (nSPS) is 10.9. The highest BCUT2D eigenvalue weighted by Gasteiger charge is 2.17. The van der Waals surface area contributed by atoms with Crippen LogP contribution in [0.4, 0.5) is 18.9 Å². The zero-order valence-electron chi connectivity index (χ0n) is 14.6. The molecule has 0 saturated carbocycles. The zero-order valence-corrected chi connectivity index (χ0v) is 14.6. The molecule has 2 aromatic rings. The summed E-state index contributed by atoms with van der Waals surface area (Å²) < 4.78 is 39.9. The number of rotatable bonds is 8.